The van der Waals surface area contributed by atoms with Gasteiger partial charge in [-0.3, -0.25) is 0 Å². The highest BCUT2D eigenvalue weighted by Gasteiger charge is 2.35. The van der Waals surface area contributed by atoms with Gasteiger partial charge in [0.25, 0.3) is 0 Å². The van der Waals surface area contributed by atoms with Gasteiger partial charge in [0, 0.05) is 6.04 Å². The van der Waals surface area contributed by atoms with Gasteiger partial charge in [-0.1, -0.05) is 40.5 Å². The van der Waals surface area contributed by atoms with E-state index >= 15 is 0 Å². The van der Waals surface area contributed by atoms with Gasteiger partial charge in [-0.05, 0) is 36.5 Å². The first-order valence-electron chi connectivity index (χ1n) is 6.24. The van der Waals surface area contributed by atoms with Crippen molar-refractivity contribution < 1.29 is 0 Å². The van der Waals surface area contributed by atoms with E-state index in [-0.39, 0.29) is 0 Å². The lowest BCUT2D eigenvalue weighted by molar-refractivity contribution is 0.112. The molecule has 0 amide bonds. The molecule has 0 heterocycles. The molecular formula is C13H27N. The maximum Gasteiger partial charge on any atom is 0.00746 e. The molecule has 1 fully saturated rings. The van der Waals surface area contributed by atoms with Crippen LogP contribution in [0.1, 0.15) is 59.8 Å². The summed E-state index contributed by atoms with van der Waals surface area (Å²) in [6, 6.07) is 0.422. The third-order valence-corrected chi connectivity index (χ3v) is 4.17. The van der Waals surface area contributed by atoms with E-state index in [1.54, 1.807) is 0 Å². The normalized spacial score (nSPS) is 24.4. The molecule has 1 unspecified atom stereocenters. The lowest BCUT2D eigenvalue weighted by Gasteiger charge is -2.42. The zero-order chi connectivity index (χ0) is 10.8. The summed E-state index contributed by atoms with van der Waals surface area (Å²) in [5.74, 6) is 1.45. The van der Waals surface area contributed by atoms with E-state index < -0.39 is 0 Å². The molecule has 2 N–H and O–H groups in total. The first-order chi connectivity index (χ1) is 6.48. The minimum absolute atomic E-state index is 0.422. The summed E-state index contributed by atoms with van der Waals surface area (Å²) in [6.45, 7) is 9.28. The van der Waals surface area contributed by atoms with Gasteiger partial charge < -0.3 is 5.73 Å². The van der Waals surface area contributed by atoms with Crippen molar-refractivity contribution >= 4 is 0 Å². The Balaban J connectivity index is 2.42. The Bertz CT molecular complexity index is 170. The predicted molar refractivity (Wildman–Crippen MR) is 63.2 cm³/mol. The van der Waals surface area contributed by atoms with Gasteiger partial charge in [0.1, 0.15) is 0 Å². The van der Waals surface area contributed by atoms with Crippen LogP contribution in [0.4, 0.5) is 0 Å². The Labute approximate surface area is 89.5 Å². The van der Waals surface area contributed by atoms with Gasteiger partial charge >= 0.3 is 0 Å². The van der Waals surface area contributed by atoms with Crippen molar-refractivity contribution in [1.29, 1.82) is 0 Å². The second-order valence-corrected chi connectivity index (χ2v) is 5.85. The fraction of sp³-hybridized carbons (Fsp3) is 1.00. The van der Waals surface area contributed by atoms with Crippen LogP contribution in [0.5, 0.6) is 0 Å². The van der Waals surface area contributed by atoms with Crippen LogP contribution < -0.4 is 5.73 Å². The average Bonchev–Trinajstić information content (AvgIpc) is 2.01. The molecule has 1 aliphatic rings. The Morgan fingerprint density at radius 3 is 2.14 bits per heavy atom. The summed E-state index contributed by atoms with van der Waals surface area (Å²) >= 11 is 0. The van der Waals surface area contributed by atoms with Gasteiger partial charge in [-0.15, -0.1) is 0 Å². The summed E-state index contributed by atoms with van der Waals surface area (Å²) in [6.07, 6.45) is 6.69. The molecule has 0 aromatic heterocycles. The first-order valence-corrected chi connectivity index (χ1v) is 6.24. The number of nitrogens with two attached hydrogens (primary N) is 1. The zero-order valence-corrected chi connectivity index (χ0v) is 10.3. The number of hydrogen-bond donors (Lipinski definition) is 1. The Hall–Kier alpha value is -0.0400. The van der Waals surface area contributed by atoms with Crippen LogP contribution in [-0.2, 0) is 0 Å². The number of rotatable bonds is 5. The zero-order valence-electron chi connectivity index (χ0n) is 10.3. The van der Waals surface area contributed by atoms with E-state index in [4.69, 9.17) is 5.73 Å². The Morgan fingerprint density at radius 2 is 1.86 bits per heavy atom. The van der Waals surface area contributed by atoms with Gasteiger partial charge in [0.15, 0.2) is 0 Å². The molecule has 84 valence electrons. The maximum absolute atomic E-state index is 6.32. The van der Waals surface area contributed by atoms with Crippen molar-refractivity contribution in [2.24, 2.45) is 23.0 Å². The average molecular weight is 197 g/mol. The highest BCUT2D eigenvalue weighted by atomic mass is 14.7. The van der Waals surface area contributed by atoms with Crippen molar-refractivity contribution in [3.63, 3.8) is 0 Å². The van der Waals surface area contributed by atoms with Crippen LogP contribution in [0.25, 0.3) is 0 Å². The minimum atomic E-state index is 0.422. The van der Waals surface area contributed by atoms with Crippen molar-refractivity contribution in [2.75, 3.05) is 0 Å². The molecule has 1 aliphatic carbocycles. The van der Waals surface area contributed by atoms with E-state index in [0.717, 1.165) is 5.92 Å². The summed E-state index contributed by atoms with van der Waals surface area (Å²) in [7, 11) is 0. The fourth-order valence-corrected chi connectivity index (χ4v) is 2.97. The molecule has 0 aromatic carbocycles. The molecule has 1 saturated carbocycles. The fourth-order valence-electron chi connectivity index (χ4n) is 2.97. The van der Waals surface area contributed by atoms with Gasteiger partial charge in [-0.2, -0.15) is 0 Å². The molecule has 0 radical (unpaired) electrons. The van der Waals surface area contributed by atoms with E-state index in [9.17, 15) is 0 Å². The van der Waals surface area contributed by atoms with Crippen LogP contribution in [0.2, 0.25) is 0 Å². The number of hydrogen-bond acceptors (Lipinski definition) is 1. The molecule has 0 saturated heterocycles. The lowest BCUT2D eigenvalue weighted by Crippen LogP contribution is -2.40. The van der Waals surface area contributed by atoms with Crippen molar-refractivity contribution in [2.45, 2.75) is 65.8 Å². The van der Waals surface area contributed by atoms with Crippen LogP contribution >= 0.6 is 0 Å². The third-order valence-electron chi connectivity index (χ3n) is 4.17. The van der Waals surface area contributed by atoms with E-state index in [1.807, 2.05) is 0 Å². The summed E-state index contributed by atoms with van der Waals surface area (Å²) in [5.41, 5.74) is 6.91. The van der Waals surface area contributed by atoms with Crippen LogP contribution in [-0.4, -0.2) is 6.04 Å². The summed E-state index contributed by atoms with van der Waals surface area (Å²) in [4.78, 5) is 0. The highest BCUT2D eigenvalue weighted by Crippen LogP contribution is 2.45. The molecule has 0 spiro atoms. The molecule has 1 nitrogen and oxygen atoms in total. The van der Waals surface area contributed by atoms with E-state index in [2.05, 4.69) is 27.7 Å². The monoisotopic (exact) mass is 197 g/mol. The quantitative estimate of drug-likeness (QED) is 0.716. The molecule has 1 rings (SSSR count). The van der Waals surface area contributed by atoms with Crippen molar-refractivity contribution in [3.8, 4) is 0 Å². The van der Waals surface area contributed by atoms with Gasteiger partial charge in [0.05, 0.1) is 0 Å². The molecule has 0 bridgehead atoms. The smallest absolute Gasteiger partial charge is 0.00746 e. The van der Waals surface area contributed by atoms with Crippen molar-refractivity contribution in [1.82, 2.24) is 0 Å². The topological polar surface area (TPSA) is 26.0 Å². The SMILES string of the molecule is CCC(C(C)C)[C@@H](N)CC1(C)CCC1. The van der Waals surface area contributed by atoms with Crippen LogP contribution in [0.3, 0.4) is 0 Å². The predicted octanol–water partition coefficient (Wildman–Crippen LogP) is 3.58. The molecule has 2 atom stereocenters. The van der Waals surface area contributed by atoms with Crippen molar-refractivity contribution in [3.05, 3.63) is 0 Å². The van der Waals surface area contributed by atoms with E-state index in [0.29, 0.717) is 17.4 Å². The molecule has 1 heteroatoms. The molecular weight excluding hydrogens is 170 g/mol. The van der Waals surface area contributed by atoms with Crippen LogP contribution in [0.15, 0.2) is 0 Å². The third kappa shape index (κ3) is 2.73. The van der Waals surface area contributed by atoms with E-state index in [1.165, 1.54) is 32.1 Å². The molecule has 14 heavy (non-hydrogen) atoms. The maximum atomic E-state index is 6.32. The second kappa shape index (κ2) is 4.65. The van der Waals surface area contributed by atoms with Gasteiger partial charge in [0.2, 0.25) is 0 Å². The minimum Gasteiger partial charge on any atom is -0.327 e. The summed E-state index contributed by atoms with van der Waals surface area (Å²) in [5, 5.41) is 0. The van der Waals surface area contributed by atoms with Gasteiger partial charge in [-0.25, -0.2) is 0 Å². The summed E-state index contributed by atoms with van der Waals surface area (Å²) < 4.78 is 0. The van der Waals surface area contributed by atoms with Crippen LogP contribution in [0, 0.1) is 17.3 Å². The molecule has 0 aromatic rings. The second-order valence-electron chi connectivity index (χ2n) is 5.85. The largest absolute Gasteiger partial charge is 0.327 e. The highest BCUT2D eigenvalue weighted by molar-refractivity contribution is 4.89. The Kier molecular flexibility index (Phi) is 4.00. The lowest BCUT2D eigenvalue weighted by atomic mass is 9.65. The Morgan fingerprint density at radius 1 is 1.29 bits per heavy atom. The molecule has 0 aliphatic heterocycles. The first kappa shape index (κ1) is 12.0. The standard InChI is InChI=1S/C13H27N/c1-5-11(10(2)3)12(14)9-13(4)7-6-8-13/h10-12H,5-9,14H2,1-4H3/t11?,12-/m0/s1.